The first-order valence-corrected chi connectivity index (χ1v) is 10.4. The Morgan fingerprint density at radius 3 is 2.42 bits per heavy atom. The van der Waals surface area contributed by atoms with Crippen LogP contribution in [-0.4, -0.2) is 87.8 Å². The van der Waals surface area contributed by atoms with Crippen LogP contribution in [0.1, 0.15) is 0 Å². The SMILES string of the molecule is COc1ccc(NC(=O)N2CCN(c3cc(N4CCOCC4)cnn3)CC2)cc1OC. The number of morpholine rings is 1. The van der Waals surface area contributed by atoms with Crippen molar-refractivity contribution in [3.8, 4) is 11.5 Å². The Labute approximate surface area is 181 Å². The summed E-state index contributed by atoms with van der Waals surface area (Å²) in [6, 6.07) is 7.24. The monoisotopic (exact) mass is 428 g/mol. The highest BCUT2D eigenvalue weighted by atomic mass is 16.5. The van der Waals surface area contributed by atoms with Gasteiger partial charge in [0.2, 0.25) is 0 Å². The Kier molecular flexibility index (Phi) is 6.56. The van der Waals surface area contributed by atoms with E-state index in [2.05, 4.69) is 31.4 Å². The van der Waals surface area contributed by atoms with Crippen molar-refractivity contribution in [2.75, 3.05) is 81.8 Å². The molecule has 2 aliphatic heterocycles. The Morgan fingerprint density at radius 1 is 0.968 bits per heavy atom. The number of rotatable bonds is 5. The Bertz CT molecular complexity index is 897. The zero-order chi connectivity index (χ0) is 21.6. The normalized spacial score (nSPS) is 16.8. The maximum atomic E-state index is 12.7. The van der Waals surface area contributed by atoms with Gasteiger partial charge in [0.05, 0.1) is 39.3 Å². The largest absolute Gasteiger partial charge is 0.493 e. The van der Waals surface area contributed by atoms with Gasteiger partial charge < -0.3 is 34.2 Å². The summed E-state index contributed by atoms with van der Waals surface area (Å²) in [6.45, 7) is 5.76. The number of carbonyl (C=O) groups is 1. The number of piperazine rings is 1. The van der Waals surface area contributed by atoms with E-state index in [9.17, 15) is 4.79 Å². The first-order valence-electron chi connectivity index (χ1n) is 10.4. The van der Waals surface area contributed by atoms with Crippen LogP contribution in [0.3, 0.4) is 0 Å². The molecule has 2 saturated heterocycles. The number of nitrogens with zero attached hydrogens (tertiary/aromatic N) is 5. The number of aromatic nitrogens is 2. The predicted octanol–water partition coefficient (Wildman–Crippen LogP) is 1.68. The molecule has 10 heteroatoms. The maximum absolute atomic E-state index is 12.7. The summed E-state index contributed by atoms with van der Waals surface area (Å²) in [5.41, 5.74) is 1.72. The lowest BCUT2D eigenvalue weighted by atomic mass is 10.2. The van der Waals surface area contributed by atoms with Crippen LogP contribution in [0.4, 0.5) is 22.0 Å². The van der Waals surface area contributed by atoms with E-state index in [4.69, 9.17) is 14.2 Å². The van der Waals surface area contributed by atoms with Crippen molar-refractivity contribution >= 4 is 23.2 Å². The third-order valence-corrected chi connectivity index (χ3v) is 5.53. The minimum Gasteiger partial charge on any atom is -0.493 e. The molecule has 0 spiro atoms. The molecular weight excluding hydrogens is 400 g/mol. The number of hydrogen-bond acceptors (Lipinski definition) is 8. The minimum absolute atomic E-state index is 0.139. The van der Waals surface area contributed by atoms with E-state index < -0.39 is 0 Å². The van der Waals surface area contributed by atoms with Gasteiger partial charge >= 0.3 is 6.03 Å². The molecule has 3 heterocycles. The third kappa shape index (κ3) is 4.91. The van der Waals surface area contributed by atoms with Crippen LogP contribution >= 0.6 is 0 Å². The molecule has 0 radical (unpaired) electrons. The molecule has 2 aromatic rings. The Balaban J connectivity index is 1.34. The first kappa shape index (κ1) is 21.0. The Morgan fingerprint density at radius 2 is 1.71 bits per heavy atom. The fraction of sp³-hybridized carbons (Fsp3) is 0.476. The topological polar surface area (TPSA) is 92.3 Å². The van der Waals surface area contributed by atoms with E-state index in [0.717, 1.165) is 37.8 Å². The van der Waals surface area contributed by atoms with E-state index in [1.54, 1.807) is 43.5 Å². The summed E-state index contributed by atoms with van der Waals surface area (Å²) in [6.07, 6.45) is 1.79. The van der Waals surface area contributed by atoms with E-state index in [1.165, 1.54) is 0 Å². The Hall–Kier alpha value is -3.27. The molecule has 31 heavy (non-hydrogen) atoms. The molecule has 4 rings (SSSR count). The average molecular weight is 428 g/mol. The molecule has 166 valence electrons. The smallest absolute Gasteiger partial charge is 0.321 e. The van der Waals surface area contributed by atoms with Crippen molar-refractivity contribution in [2.24, 2.45) is 0 Å². The molecule has 2 aliphatic rings. The van der Waals surface area contributed by atoms with Crippen LogP contribution in [0.2, 0.25) is 0 Å². The lowest BCUT2D eigenvalue weighted by Crippen LogP contribution is -2.50. The van der Waals surface area contributed by atoms with Gasteiger partial charge in [-0.05, 0) is 12.1 Å². The number of amides is 2. The molecule has 0 atom stereocenters. The van der Waals surface area contributed by atoms with E-state index in [0.29, 0.717) is 43.4 Å². The van der Waals surface area contributed by atoms with Gasteiger partial charge in [0.25, 0.3) is 0 Å². The second-order valence-corrected chi connectivity index (χ2v) is 7.35. The van der Waals surface area contributed by atoms with Gasteiger partial charge in [-0.3, -0.25) is 0 Å². The molecule has 0 aliphatic carbocycles. The van der Waals surface area contributed by atoms with Crippen LogP contribution < -0.4 is 24.6 Å². The summed E-state index contributed by atoms with van der Waals surface area (Å²) in [5, 5.41) is 11.4. The van der Waals surface area contributed by atoms with E-state index in [1.807, 2.05) is 0 Å². The van der Waals surface area contributed by atoms with Crippen LogP contribution in [-0.2, 0) is 4.74 Å². The number of benzene rings is 1. The van der Waals surface area contributed by atoms with Gasteiger partial charge in [-0.15, -0.1) is 5.10 Å². The lowest BCUT2D eigenvalue weighted by molar-refractivity contribution is 0.122. The molecule has 1 aromatic carbocycles. The number of anilines is 3. The second kappa shape index (κ2) is 9.69. The van der Waals surface area contributed by atoms with Crippen molar-refractivity contribution in [1.82, 2.24) is 15.1 Å². The van der Waals surface area contributed by atoms with Crippen molar-refractivity contribution in [3.05, 3.63) is 30.5 Å². The van der Waals surface area contributed by atoms with Crippen LogP contribution in [0.5, 0.6) is 11.5 Å². The van der Waals surface area contributed by atoms with E-state index >= 15 is 0 Å². The van der Waals surface area contributed by atoms with Crippen molar-refractivity contribution in [3.63, 3.8) is 0 Å². The highest BCUT2D eigenvalue weighted by molar-refractivity contribution is 5.90. The molecule has 10 nitrogen and oxygen atoms in total. The van der Waals surface area contributed by atoms with Gasteiger partial charge in [0, 0.05) is 57.1 Å². The maximum Gasteiger partial charge on any atom is 0.321 e. The van der Waals surface area contributed by atoms with Gasteiger partial charge in [0.15, 0.2) is 17.3 Å². The molecule has 1 aromatic heterocycles. The number of hydrogen-bond donors (Lipinski definition) is 1. The zero-order valence-electron chi connectivity index (χ0n) is 17.9. The number of urea groups is 1. The summed E-state index contributed by atoms with van der Waals surface area (Å²) in [7, 11) is 3.15. The second-order valence-electron chi connectivity index (χ2n) is 7.35. The van der Waals surface area contributed by atoms with Crippen LogP contribution in [0.25, 0.3) is 0 Å². The molecule has 2 amide bonds. The number of methoxy groups -OCH3 is 2. The molecule has 2 fully saturated rings. The molecule has 1 N–H and O–H groups in total. The van der Waals surface area contributed by atoms with Crippen molar-refractivity contribution in [1.29, 1.82) is 0 Å². The first-order chi connectivity index (χ1) is 15.2. The lowest BCUT2D eigenvalue weighted by Gasteiger charge is -2.35. The van der Waals surface area contributed by atoms with Crippen LogP contribution in [0.15, 0.2) is 30.5 Å². The average Bonchev–Trinajstić information content (AvgIpc) is 2.84. The predicted molar refractivity (Wildman–Crippen MR) is 117 cm³/mol. The molecule has 0 saturated carbocycles. The standard InChI is InChI=1S/C21H28N6O4/c1-29-18-4-3-16(13-19(18)30-2)23-21(28)27-7-5-26(6-8-27)20-14-17(15-22-24-20)25-9-11-31-12-10-25/h3-4,13-15H,5-12H2,1-2H3,(H,23,28). The number of ether oxygens (including phenoxy) is 3. The van der Waals surface area contributed by atoms with Gasteiger partial charge in [-0.1, -0.05) is 0 Å². The molecule has 0 unspecified atom stereocenters. The quantitative estimate of drug-likeness (QED) is 0.769. The highest BCUT2D eigenvalue weighted by Gasteiger charge is 2.23. The summed E-state index contributed by atoms with van der Waals surface area (Å²) in [4.78, 5) is 18.9. The summed E-state index contributed by atoms with van der Waals surface area (Å²) >= 11 is 0. The minimum atomic E-state index is -0.139. The van der Waals surface area contributed by atoms with Crippen LogP contribution in [0, 0.1) is 0 Å². The zero-order valence-corrected chi connectivity index (χ0v) is 17.9. The molecular formula is C21H28N6O4. The molecule has 0 bridgehead atoms. The van der Waals surface area contributed by atoms with Gasteiger partial charge in [-0.2, -0.15) is 5.10 Å². The highest BCUT2D eigenvalue weighted by Crippen LogP contribution is 2.30. The van der Waals surface area contributed by atoms with Crippen molar-refractivity contribution < 1.29 is 19.0 Å². The number of carbonyl (C=O) groups excluding carboxylic acids is 1. The van der Waals surface area contributed by atoms with Gasteiger partial charge in [0.1, 0.15) is 0 Å². The fourth-order valence-electron chi connectivity index (χ4n) is 3.75. The van der Waals surface area contributed by atoms with Gasteiger partial charge in [-0.25, -0.2) is 4.79 Å². The summed E-state index contributed by atoms with van der Waals surface area (Å²) in [5.74, 6) is 2.03. The van der Waals surface area contributed by atoms with E-state index in [-0.39, 0.29) is 6.03 Å². The fourth-order valence-corrected chi connectivity index (χ4v) is 3.75. The number of nitrogens with one attached hydrogen (secondary N) is 1. The summed E-state index contributed by atoms with van der Waals surface area (Å²) < 4.78 is 16.0. The third-order valence-electron chi connectivity index (χ3n) is 5.53. The van der Waals surface area contributed by atoms with Crippen molar-refractivity contribution in [2.45, 2.75) is 0 Å².